The van der Waals surface area contributed by atoms with Gasteiger partial charge in [0.15, 0.2) is 0 Å². The Morgan fingerprint density at radius 3 is 2.26 bits per heavy atom. The number of carbonyl (C=O) groups excluding carboxylic acids is 2. The number of nitrogens with zero attached hydrogens (tertiary/aromatic N) is 1. The van der Waals surface area contributed by atoms with Crippen molar-refractivity contribution in [3.63, 3.8) is 0 Å². The van der Waals surface area contributed by atoms with E-state index in [2.05, 4.69) is 5.32 Å². The summed E-state index contributed by atoms with van der Waals surface area (Å²) in [7, 11) is 1.60. The lowest BCUT2D eigenvalue weighted by Gasteiger charge is -2.26. The molecule has 0 aromatic carbocycles. The summed E-state index contributed by atoms with van der Waals surface area (Å²) < 4.78 is 0. The fraction of sp³-hybridized carbons (Fsp3) is 0.769. The van der Waals surface area contributed by atoms with Crippen molar-refractivity contribution in [1.82, 2.24) is 10.2 Å². The normalized spacial score (nSPS) is 16.9. The van der Waals surface area contributed by atoms with E-state index in [1.807, 2.05) is 6.92 Å². The largest absolute Gasteiger partial charge is 0.481 e. The van der Waals surface area contributed by atoms with E-state index in [-0.39, 0.29) is 18.7 Å². The number of hydrogen-bond donors (Lipinski definition) is 2. The molecule has 0 aliphatic heterocycles. The maximum Gasteiger partial charge on any atom is 0.323 e. The molecule has 6 nitrogen and oxygen atoms in total. The molecule has 2 N–H and O–H groups in total. The number of rotatable bonds is 5. The molecule has 3 amide bonds. The van der Waals surface area contributed by atoms with E-state index >= 15 is 0 Å². The fourth-order valence-electron chi connectivity index (χ4n) is 2.60. The monoisotopic (exact) mass is 270 g/mol. The highest BCUT2D eigenvalue weighted by Gasteiger charge is 2.38. The minimum absolute atomic E-state index is 0.00176. The molecule has 19 heavy (non-hydrogen) atoms. The predicted molar refractivity (Wildman–Crippen MR) is 69.6 cm³/mol. The van der Waals surface area contributed by atoms with Crippen LogP contribution in [0.2, 0.25) is 0 Å². The summed E-state index contributed by atoms with van der Waals surface area (Å²) in [5, 5.41) is 11.3. The molecular weight excluding hydrogens is 248 g/mol. The Labute approximate surface area is 113 Å². The van der Waals surface area contributed by atoms with Crippen LogP contribution in [0, 0.1) is 5.41 Å². The lowest BCUT2D eigenvalue weighted by molar-refractivity contribution is -0.140. The van der Waals surface area contributed by atoms with Crippen LogP contribution in [0.3, 0.4) is 0 Å². The van der Waals surface area contributed by atoms with Crippen molar-refractivity contribution in [3.05, 3.63) is 0 Å². The molecule has 0 radical (unpaired) electrons. The van der Waals surface area contributed by atoms with Gasteiger partial charge in [-0.05, 0) is 25.2 Å². The lowest BCUT2D eigenvalue weighted by Crippen LogP contribution is -2.42. The average molecular weight is 270 g/mol. The smallest absolute Gasteiger partial charge is 0.323 e. The van der Waals surface area contributed by atoms with Crippen LogP contribution in [0.1, 0.15) is 45.4 Å². The molecule has 0 atom stereocenters. The number of carboxylic acid groups (broad SMARTS) is 1. The third-order valence-corrected chi connectivity index (χ3v) is 3.79. The first-order valence-electron chi connectivity index (χ1n) is 6.65. The number of nitrogens with one attached hydrogen (secondary N) is 1. The van der Waals surface area contributed by atoms with Crippen LogP contribution >= 0.6 is 0 Å². The highest BCUT2D eigenvalue weighted by atomic mass is 16.4. The molecular formula is C13H22N2O4. The second kappa shape index (κ2) is 6.54. The Hall–Kier alpha value is -1.59. The number of carbonyl (C=O) groups is 3. The van der Waals surface area contributed by atoms with E-state index < -0.39 is 17.4 Å². The van der Waals surface area contributed by atoms with E-state index in [1.165, 1.54) is 4.90 Å². The summed E-state index contributed by atoms with van der Waals surface area (Å²) in [6.45, 7) is 2.33. The van der Waals surface area contributed by atoms with Crippen molar-refractivity contribution < 1.29 is 19.5 Å². The van der Waals surface area contributed by atoms with Crippen molar-refractivity contribution in [3.8, 4) is 0 Å². The Morgan fingerprint density at radius 2 is 1.79 bits per heavy atom. The molecule has 1 rings (SSSR count). The lowest BCUT2D eigenvalue weighted by atomic mass is 9.79. The standard InChI is InChI=1S/C13H22N2O4/c1-3-15(2)12(19)14-10(16)8-13(9-11(17)18)6-4-5-7-13/h3-9H2,1-2H3,(H,17,18)(H,14,16,19). The maximum atomic E-state index is 11.9. The van der Waals surface area contributed by atoms with Gasteiger partial charge in [-0.3, -0.25) is 14.9 Å². The molecule has 0 heterocycles. The van der Waals surface area contributed by atoms with E-state index in [4.69, 9.17) is 5.11 Å². The molecule has 0 bridgehead atoms. The van der Waals surface area contributed by atoms with Crippen LogP contribution in [-0.2, 0) is 9.59 Å². The molecule has 1 saturated carbocycles. The zero-order valence-corrected chi connectivity index (χ0v) is 11.6. The SMILES string of the molecule is CCN(C)C(=O)NC(=O)CC1(CC(=O)O)CCCC1. The first kappa shape index (κ1) is 15.5. The molecule has 108 valence electrons. The van der Waals surface area contributed by atoms with Gasteiger partial charge < -0.3 is 10.0 Å². The van der Waals surface area contributed by atoms with Gasteiger partial charge >= 0.3 is 12.0 Å². The second-order valence-electron chi connectivity index (χ2n) is 5.32. The maximum absolute atomic E-state index is 11.9. The molecule has 0 aromatic rings. The zero-order valence-electron chi connectivity index (χ0n) is 11.6. The van der Waals surface area contributed by atoms with Gasteiger partial charge in [0.1, 0.15) is 0 Å². The molecule has 1 aliphatic rings. The minimum atomic E-state index is -0.883. The van der Waals surface area contributed by atoms with Gasteiger partial charge in [-0.1, -0.05) is 12.8 Å². The van der Waals surface area contributed by atoms with E-state index in [9.17, 15) is 14.4 Å². The van der Waals surface area contributed by atoms with Crippen molar-refractivity contribution >= 4 is 17.9 Å². The van der Waals surface area contributed by atoms with Gasteiger partial charge in [0.25, 0.3) is 0 Å². The van der Waals surface area contributed by atoms with Crippen LogP contribution in [0.15, 0.2) is 0 Å². The third-order valence-electron chi connectivity index (χ3n) is 3.79. The van der Waals surface area contributed by atoms with Gasteiger partial charge in [0, 0.05) is 20.0 Å². The first-order chi connectivity index (χ1) is 8.88. The van der Waals surface area contributed by atoms with Crippen LogP contribution < -0.4 is 5.32 Å². The van der Waals surface area contributed by atoms with Gasteiger partial charge in [0.05, 0.1) is 6.42 Å². The van der Waals surface area contributed by atoms with Crippen LogP contribution in [-0.4, -0.2) is 41.5 Å². The van der Waals surface area contributed by atoms with Crippen LogP contribution in [0.4, 0.5) is 4.79 Å². The number of hydrogen-bond acceptors (Lipinski definition) is 3. The van der Waals surface area contributed by atoms with Crippen molar-refractivity contribution in [2.45, 2.75) is 45.4 Å². The van der Waals surface area contributed by atoms with Crippen molar-refractivity contribution in [2.24, 2.45) is 5.41 Å². The van der Waals surface area contributed by atoms with Crippen LogP contribution in [0.5, 0.6) is 0 Å². The summed E-state index contributed by atoms with van der Waals surface area (Å²) in [5.41, 5.74) is -0.471. The summed E-state index contributed by atoms with van der Waals surface area (Å²) in [6, 6.07) is -0.434. The quantitative estimate of drug-likeness (QED) is 0.794. The van der Waals surface area contributed by atoms with E-state index in [1.54, 1.807) is 7.05 Å². The molecule has 1 fully saturated rings. The van der Waals surface area contributed by atoms with Gasteiger partial charge in [-0.15, -0.1) is 0 Å². The van der Waals surface area contributed by atoms with E-state index in [0.29, 0.717) is 6.54 Å². The van der Waals surface area contributed by atoms with Crippen LogP contribution in [0.25, 0.3) is 0 Å². The third kappa shape index (κ3) is 4.54. The highest BCUT2D eigenvalue weighted by Crippen LogP contribution is 2.43. The van der Waals surface area contributed by atoms with Gasteiger partial charge in [-0.25, -0.2) is 4.79 Å². The zero-order chi connectivity index (χ0) is 14.5. The highest BCUT2D eigenvalue weighted by molar-refractivity contribution is 5.94. The number of aliphatic carboxylic acids is 1. The number of urea groups is 1. The van der Waals surface area contributed by atoms with Crippen molar-refractivity contribution in [2.75, 3.05) is 13.6 Å². The number of amides is 3. The van der Waals surface area contributed by atoms with Gasteiger partial charge in [0.2, 0.25) is 5.91 Å². The first-order valence-corrected chi connectivity index (χ1v) is 6.65. The molecule has 1 aliphatic carbocycles. The molecule has 6 heteroatoms. The summed E-state index contributed by atoms with van der Waals surface area (Å²) >= 11 is 0. The summed E-state index contributed by atoms with van der Waals surface area (Å²) in [6.07, 6.45) is 3.49. The Balaban J connectivity index is 2.57. The minimum Gasteiger partial charge on any atom is -0.481 e. The predicted octanol–water partition coefficient (Wildman–Crippen LogP) is 1.60. The molecule has 0 saturated heterocycles. The van der Waals surface area contributed by atoms with Gasteiger partial charge in [-0.2, -0.15) is 0 Å². The topological polar surface area (TPSA) is 86.7 Å². The molecule has 0 spiro atoms. The Morgan fingerprint density at radius 1 is 1.21 bits per heavy atom. The Bertz CT molecular complexity index is 362. The van der Waals surface area contributed by atoms with E-state index in [0.717, 1.165) is 25.7 Å². The number of imide groups is 1. The van der Waals surface area contributed by atoms with Crippen molar-refractivity contribution in [1.29, 1.82) is 0 Å². The second-order valence-corrected chi connectivity index (χ2v) is 5.32. The molecule has 0 aromatic heterocycles. The number of carboxylic acids is 1. The summed E-state index contributed by atoms with van der Waals surface area (Å²) in [4.78, 5) is 35.7. The average Bonchev–Trinajstić information content (AvgIpc) is 2.74. The summed E-state index contributed by atoms with van der Waals surface area (Å²) in [5.74, 6) is -1.26. The fourth-order valence-corrected chi connectivity index (χ4v) is 2.60. The molecule has 0 unspecified atom stereocenters. The Kier molecular flexibility index (Phi) is 5.32.